The van der Waals surface area contributed by atoms with Gasteiger partial charge in [0.1, 0.15) is 17.3 Å². The number of esters is 1. The third kappa shape index (κ3) is 5.27. The van der Waals surface area contributed by atoms with Gasteiger partial charge in [-0.15, -0.1) is 0 Å². The third-order valence-corrected chi connectivity index (χ3v) is 3.43. The summed E-state index contributed by atoms with van der Waals surface area (Å²) in [5, 5.41) is 5.91. The van der Waals surface area contributed by atoms with Crippen molar-refractivity contribution in [3.8, 4) is 0 Å². The van der Waals surface area contributed by atoms with Crippen LogP contribution in [0.4, 0.5) is 11.5 Å². The smallest absolute Gasteiger partial charge is 0.340 e. The summed E-state index contributed by atoms with van der Waals surface area (Å²) in [6.45, 7) is 8.63. The number of rotatable bonds is 7. The molecule has 0 bridgehead atoms. The summed E-state index contributed by atoms with van der Waals surface area (Å²) in [6.07, 6.45) is 0. The Balaban J connectivity index is 2.21. The van der Waals surface area contributed by atoms with Crippen molar-refractivity contribution in [2.24, 2.45) is 5.92 Å². The molecule has 26 heavy (non-hydrogen) atoms. The zero-order valence-electron chi connectivity index (χ0n) is 15.5. The highest BCUT2D eigenvalue weighted by atomic mass is 16.5. The quantitative estimate of drug-likeness (QED) is 0.740. The number of aromatic nitrogens is 2. The molecule has 138 valence electrons. The minimum atomic E-state index is -0.485. The van der Waals surface area contributed by atoms with Crippen molar-refractivity contribution in [1.29, 1.82) is 0 Å². The van der Waals surface area contributed by atoms with Crippen molar-refractivity contribution in [3.63, 3.8) is 0 Å². The van der Waals surface area contributed by atoms with Gasteiger partial charge in [0.05, 0.1) is 17.9 Å². The lowest BCUT2D eigenvalue weighted by molar-refractivity contribution is 0.0527. The summed E-state index contributed by atoms with van der Waals surface area (Å²) in [5.74, 6) is 0.623. The van der Waals surface area contributed by atoms with Gasteiger partial charge in [-0.25, -0.2) is 14.8 Å². The molecule has 2 rings (SSSR count). The van der Waals surface area contributed by atoms with Crippen LogP contribution < -0.4 is 10.6 Å². The number of nitrogens with one attached hydrogen (secondary N) is 2. The van der Waals surface area contributed by atoms with Crippen LogP contribution in [0.25, 0.3) is 0 Å². The minimum Gasteiger partial charge on any atom is -0.462 e. The lowest BCUT2D eigenvalue weighted by atomic mass is 10.1. The van der Waals surface area contributed by atoms with Crippen LogP contribution in [-0.4, -0.2) is 35.0 Å². The van der Waals surface area contributed by atoms with E-state index in [2.05, 4.69) is 34.4 Å². The number of ether oxygens (including phenoxy) is 1. The third-order valence-electron chi connectivity index (χ3n) is 3.43. The number of hydrogen-bond acceptors (Lipinski definition) is 6. The molecule has 0 saturated carbocycles. The van der Waals surface area contributed by atoms with Gasteiger partial charge in [-0.05, 0) is 31.9 Å². The van der Waals surface area contributed by atoms with Crippen LogP contribution in [0.5, 0.6) is 0 Å². The predicted octanol–water partition coefficient (Wildman–Crippen LogP) is 3.28. The van der Waals surface area contributed by atoms with Gasteiger partial charge in [0, 0.05) is 12.6 Å². The van der Waals surface area contributed by atoms with E-state index in [1.54, 1.807) is 44.2 Å². The summed E-state index contributed by atoms with van der Waals surface area (Å²) >= 11 is 0. The monoisotopic (exact) mass is 356 g/mol. The number of hydrogen-bond donors (Lipinski definition) is 2. The average molecular weight is 356 g/mol. The van der Waals surface area contributed by atoms with Gasteiger partial charge >= 0.3 is 5.97 Å². The number of amides is 1. The van der Waals surface area contributed by atoms with Crippen LogP contribution in [0.2, 0.25) is 0 Å². The maximum absolute atomic E-state index is 12.6. The van der Waals surface area contributed by atoms with Crippen LogP contribution in [0.15, 0.2) is 30.3 Å². The Kier molecular flexibility index (Phi) is 6.66. The second-order valence-corrected chi connectivity index (χ2v) is 6.18. The van der Waals surface area contributed by atoms with E-state index in [9.17, 15) is 9.59 Å². The lowest BCUT2D eigenvalue weighted by Crippen LogP contribution is -2.18. The predicted molar refractivity (Wildman–Crippen MR) is 100 cm³/mol. The molecule has 1 heterocycles. The van der Waals surface area contributed by atoms with Crippen molar-refractivity contribution in [2.75, 3.05) is 23.8 Å². The highest BCUT2D eigenvalue weighted by molar-refractivity contribution is 6.07. The Morgan fingerprint density at radius 2 is 1.92 bits per heavy atom. The first kappa shape index (κ1) is 19.4. The van der Waals surface area contributed by atoms with Crippen molar-refractivity contribution < 1.29 is 14.3 Å². The Labute approximate surface area is 153 Å². The second-order valence-electron chi connectivity index (χ2n) is 6.18. The molecule has 0 unspecified atom stereocenters. The van der Waals surface area contributed by atoms with Gasteiger partial charge in [0.25, 0.3) is 5.91 Å². The van der Waals surface area contributed by atoms with Gasteiger partial charge in [-0.3, -0.25) is 4.79 Å². The lowest BCUT2D eigenvalue weighted by Gasteiger charge is -2.12. The molecule has 7 heteroatoms. The van der Waals surface area contributed by atoms with Crippen LogP contribution in [-0.2, 0) is 4.74 Å². The summed E-state index contributed by atoms with van der Waals surface area (Å²) < 4.78 is 5.02. The Morgan fingerprint density at radius 1 is 1.19 bits per heavy atom. The fourth-order valence-corrected chi connectivity index (χ4v) is 2.25. The van der Waals surface area contributed by atoms with Crippen molar-refractivity contribution in [3.05, 3.63) is 47.4 Å². The molecule has 1 aromatic heterocycles. The zero-order valence-corrected chi connectivity index (χ0v) is 15.5. The van der Waals surface area contributed by atoms with Gasteiger partial charge in [0.15, 0.2) is 0 Å². The fourth-order valence-electron chi connectivity index (χ4n) is 2.25. The summed E-state index contributed by atoms with van der Waals surface area (Å²) in [6, 6.07) is 8.30. The Hall–Kier alpha value is -2.96. The van der Waals surface area contributed by atoms with E-state index in [1.807, 2.05) is 0 Å². The van der Waals surface area contributed by atoms with Crippen LogP contribution in [0.3, 0.4) is 0 Å². The van der Waals surface area contributed by atoms with E-state index in [0.717, 1.165) is 6.54 Å². The first-order chi connectivity index (χ1) is 12.4. The Morgan fingerprint density at radius 3 is 2.62 bits per heavy atom. The van der Waals surface area contributed by atoms with E-state index in [1.165, 1.54) is 0 Å². The molecule has 0 aliphatic heterocycles. The number of nitrogens with zero attached hydrogens (tertiary/aromatic N) is 2. The number of aryl methyl sites for hydroxylation is 1. The number of anilines is 2. The SMILES string of the molecule is CCOC(=O)c1ccccc1NC(=O)c1cc(NCC(C)C)nc(C)n1. The van der Waals surface area contributed by atoms with Crippen molar-refractivity contribution in [2.45, 2.75) is 27.7 Å². The molecule has 2 aromatic rings. The van der Waals surface area contributed by atoms with Crippen LogP contribution >= 0.6 is 0 Å². The molecule has 0 atom stereocenters. The molecule has 0 radical (unpaired) electrons. The summed E-state index contributed by atoms with van der Waals surface area (Å²) in [5.41, 5.74) is 0.901. The molecule has 0 spiro atoms. The zero-order chi connectivity index (χ0) is 19.1. The number of benzene rings is 1. The number of carbonyl (C=O) groups is 2. The van der Waals surface area contributed by atoms with Crippen LogP contribution in [0, 0.1) is 12.8 Å². The first-order valence-corrected chi connectivity index (χ1v) is 8.57. The largest absolute Gasteiger partial charge is 0.462 e. The van der Waals surface area contributed by atoms with Gasteiger partial charge < -0.3 is 15.4 Å². The standard InChI is InChI=1S/C19H24N4O3/c1-5-26-19(25)14-8-6-7-9-15(14)23-18(24)16-10-17(20-11-12(2)3)22-13(4)21-16/h6-10,12H,5,11H2,1-4H3,(H,23,24)(H,20,21,22). The maximum Gasteiger partial charge on any atom is 0.340 e. The van der Waals surface area contributed by atoms with E-state index in [0.29, 0.717) is 28.8 Å². The molecule has 0 fully saturated rings. The number of carbonyl (C=O) groups excluding carboxylic acids is 2. The molecule has 0 aliphatic rings. The van der Waals surface area contributed by atoms with Crippen LogP contribution in [0.1, 0.15) is 47.4 Å². The second kappa shape index (κ2) is 8.94. The van der Waals surface area contributed by atoms with Gasteiger partial charge in [0.2, 0.25) is 0 Å². The van der Waals surface area contributed by atoms with E-state index in [4.69, 9.17) is 4.74 Å². The first-order valence-electron chi connectivity index (χ1n) is 8.57. The fraction of sp³-hybridized carbons (Fsp3) is 0.368. The average Bonchev–Trinajstić information content (AvgIpc) is 2.60. The van der Waals surface area contributed by atoms with E-state index < -0.39 is 11.9 Å². The molecule has 7 nitrogen and oxygen atoms in total. The van der Waals surface area contributed by atoms with E-state index >= 15 is 0 Å². The highest BCUT2D eigenvalue weighted by Crippen LogP contribution is 2.18. The van der Waals surface area contributed by atoms with Gasteiger partial charge in [-0.2, -0.15) is 0 Å². The summed E-state index contributed by atoms with van der Waals surface area (Å²) in [4.78, 5) is 33.1. The molecule has 1 amide bonds. The van der Waals surface area contributed by atoms with Gasteiger partial charge in [-0.1, -0.05) is 26.0 Å². The Bertz CT molecular complexity index is 790. The molecule has 0 saturated heterocycles. The number of para-hydroxylation sites is 1. The molecular formula is C19H24N4O3. The molecule has 0 aliphatic carbocycles. The van der Waals surface area contributed by atoms with Crippen molar-refractivity contribution >= 4 is 23.4 Å². The molecular weight excluding hydrogens is 332 g/mol. The summed E-state index contributed by atoms with van der Waals surface area (Å²) in [7, 11) is 0. The maximum atomic E-state index is 12.6. The molecule has 2 N–H and O–H groups in total. The normalized spacial score (nSPS) is 10.5. The topological polar surface area (TPSA) is 93.2 Å². The van der Waals surface area contributed by atoms with E-state index in [-0.39, 0.29) is 12.3 Å². The minimum absolute atomic E-state index is 0.224. The molecule has 1 aromatic carbocycles. The van der Waals surface area contributed by atoms with Crippen molar-refractivity contribution in [1.82, 2.24) is 9.97 Å². The highest BCUT2D eigenvalue weighted by Gasteiger charge is 2.16.